The van der Waals surface area contributed by atoms with E-state index in [0.717, 1.165) is 25.2 Å². The van der Waals surface area contributed by atoms with E-state index in [4.69, 9.17) is 0 Å². The van der Waals surface area contributed by atoms with Crippen molar-refractivity contribution in [2.24, 2.45) is 5.92 Å². The second kappa shape index (κ2) is 3.83. The molecule has 2 heterocycles. The molecular formula is C10H13FN2. The number of hydrogen-bond donors (Lipinski definition) is 1. The van der Waals surface area contributed by atoms with Gasteiger partial charge in [0.2, 0.25) is 0 Å². The Morgan fingerprint density at radius 2 is 2.46 bits per heavy atom. The average molecular weight is 180 g/mol. The molecule has 70 valence electrons. The van der Waals surface area contributed by atoms with E-state index in [0.29, 0.717) is 5.92 Å². The lowest BCUT2D eigenvalue weighted by molar-refractivity contribution is 0.566. The molecule has 0 aliphatic carbocycles. The standard InChI is InChI=1S/C10H13FN2/c11-9-1-2-10(13-7-9)5-8-3-4-12-6-8/h1-2,7-8,12H,3-6H2. The van der Waals surface area contributed by atoms with Crippen LogP contribution < -0.4 is 5.32 Å². The Kier molecular flexibility index (Phi) is 2.54. The Hall–Kier alpha value is -0.960. The fraction of sp³-hybridized carbons (Fsp3) is 0.500. The molecule has 0 spiro atoms. The zero-order valence-corrected chi connectivity index (χ0v) is 7.46. The van der Waals surface area contributed by atoms with Crippen molar-refractivity contribution >= 4 is 0 Å². The Morgan fingerprint density at radius 3 is 3.08 bits per heavy atom. The summed E-state index contributed by atoms with van der Waals surface area (Å²) in [6.45, 7) is 2.17. The number of hydrogen-bond acceptors (Lipinski definition) is 2. The number of rotatable bonds is 2. The normalized spacial score (nSPS) is 22.1. The van der Waals surface area contributed by atoms with Gasteiger partial charge < -0.3 is 5.32 Å². The monoisotopic (exact) mass is 180 g/mol. The van der Waals surface area contributed by atoms with Gasteiger partial charge in [-0.05, 0) is 44.0 Å². The zero-order chi connectivity index (χ0) is 9.10. The van der Waals surface area contributed by atoms with Crippen LogP contribution in [0.5, 0.6) is 0 Å². The van der Waals surface area contributed by atoms with Crippen molar-refractivity contribution < 1.29 is 4.39 Å². The summed E-state index contributed by atoms with van der Waals surface area (Å²) in [7, 11) is 0. The van der Waals surface area contributed by atoms with Crippen LogP contribution in [0.3, 0.4) is 0 Å². The molecule has 1 fully saturated rings. The third-order valence-corrected chi connectivity index (χ3v) is 2.45. The molecule has 2 rings (SSSR count). The first kappa shape index (κ1) is 8.63. The maximum atomic E-state index is 12.5. The van der Waals surface area contributed by atoms with Gasteiger partial charge in [-0.2, -0.15) is 0 Å². The van der Waals surface area contributed by atoms with Gasteiger partial charge in [-0.15, -0.1) is 0 Å². The molecular weight excluding hydrogens is 167 g/mol. The van der Waals surface area contributed by atoms with Gasteiger partial charge in [-0.25, -0.2) is 4.39 Å². The summed E-state index contributed by atoms with van der Waals surface area (Å²) in [5.74, 6) is 0.422. The van der Waals surface area contributed by atoms with E-state index in [1.165, 1.54) is 18.7 Å². The van der Waals surface area contributed by atoms with Crippen molar-refractivity contribution in [2.45, 2.75) is 12.8 Å². The van der Waals surface area contributed by atoms with Gasteiger partial charge in [-0.1, -0.05) is 0 Å². The molecule has 3 heteroatoms. The van der Waals surface area contributed by atoms with Crippen LogP contribution in [-0.4, -0.2) is 18.1 Å². The van der Waals surface area contributed by atoms with E-state index in [2.05, 4.69) is 10.3 Å². The molecule has 0 amide bonds. The molecule has 1 N–H and O–H groups in total. The number of nitrogens with one attached hydrogen (secondary N) is 1. The van der Waals surface area contributed by atoms with Gasteiger partial charge in [0.15, 0.2) is 0 Å². The van der Waals surface area contributed by atoms with Crippen LogP contribution in [0.25, 0.3) is 0 Å². The molecule has 1 atom stereocenters. The first-order valence-electron chi connectivity index (χ1n) is 4.66. The lowest BCUT2D eigenvalue weighted by Crippen LogP contribution is -2.11. The number of nitrogens with zero attached hydrogens (tertiary/aromatic N) is 1. The zero-order valence-electron chi connectivity index (χ0n) is 7.46. The van der Waals surface area contributed by atoms with Crippen LogP contribution in [0.1, 0.15) is 12.1 Å². The molecule has 1 saturated heterocycles. The summed E-state index contributed by atoms with van der Waals surface area (Å²) < 4.78 is 12.5. The van der Waals surface area contributed by atoms with Gasteiger partial charge in [0.25, 0.3) is 0 Å². The minimum atomic E-state index is -0.256. The van der Waals surface area contributed by atoms with Crippen molar-refractivity contribution in [1.82, 2.24) is 10.3 Å². The topological polar surface area (TPSA) is 24.9 Å². The molecule has 2 nitrogen and oxygen atoms in total. The summed E-state index contributed by atoms with van der Waals surface area (Å²) in [6.07, 6.45) is 3.46. The Balaban J connectivity index is 1.97. The second-order valence-corrected chi connectivity index (χ2v) is 3.53. The molecule has 0 radical (unpaired) electrons. The number of halogens is 1. The van der Waals surface area contributed by atoms with Gasteiger partial charge in [0.05, 0.1) is 6.20 Å². The summed E-state index contributed by atoms with van der Waals surface area (Å²) >= 11 is 0. The van der Waals surface area contributed by atoms with Crippen LogP contribution in [-0.2, 0) is 6.42 Å². The first-order valence-corrected chi connectivity index (χ1v) is 4.66. The maximum Gasteiger partial charge on any atom is 0.141 e. The SMILES string of the molecule is Fc1ccc(CC2CCNC2)nc1. The third-order valence-electron chi connectivity index (χ3n) is 2.45. The Morgan fingerprint density at radius 1 is 1.54 bits per heavy atom. The Bertz CT molecular complexity index is 265. The van der Waals surface area contributed by atoms with E-state index in [9.17, 15) is 4.39 Å². The minimum Gasteiger partial charge on any atom is -0.316 e. The molecule has 1 aliphatic rings. The highest BCUT2D eigenvalue weighted by Crippen LogP contribution is 2.13. The molecule has 0 aromatic carbocycles. The van der Waals surface area contributed by atoms with Crippen LogP contribution in [0, 0.1) is 11.7 Å². The van der Waals surface area contributed by atoms with Crippen LogP contribution in [0.4, 0.5) is 4.39 Å². The van der Waals surface area contributed by atoms with Crippen molar-refractivity contribution in [3.05, 3.63) is 29.8 Å². The van der Waals surface area contributed by atoms with Crippen LogP contribution in [0.15, 0.2) is 18.3 Å². The van der Waals surface area contributed by atoms with E-state index in [1.54, 1.807) is 6.07 Å². The Labute approximate surface area is 77.2 Å². The fourth-order valence-corrected chi connectivity index (χ4v) is 1.71. The van der Waals surface area contributed by atoms with Gasteiger partial charge in [-0.3, -0.25) is 4.98 Å². The summed E-state index contributed by atoms with van der Waals surface area (Å²) in [5, 5.41) is 3.30. The van der Waals surface area contributed by atoms with Gasteiger partial charge in [0.1, 0.15) is 5.82 Å². The lowest BCUT2D eigenvalue weighted by atomic mass is 10.0. The molecule has 0 saturated carbocycles. The van der Waals surface area contributed by atoms with Crippen molar-refractivity contribution in [3.63, 3.8) is 0 Å². The summed E-state index contributed by atoms with van der Waals surface area (Å²) in [4.78, 5) is 4.04. The smallest absolute Gasteiger partial charge is 0.141 e. The van der Waals surface area contributed by atoms with E-state index in [1.807, 2.05) is 0 Å². The summed E-state index contributed by atoms with van der Waals surface area (Å²) in [5.41, 5.74) is 0.995. The summed E-state index contributed by atoms with van der Waals surface area (Å²) in [6, 6.07) is 3.25. The highest BCUT2D eigenvalue weighted by atomic mass is 19.1. The van der Waals surface area contributed by atoms with Crippen molar-refractivity contribution in [1.29, 1.82) is 0 Å². The van der Waals surface area contributed by atoms with Crippen LogP contribution >= 0.6 is 0 Å². The van der Waals surface area contributed by atoms with Crippen LogP contribution in [0.2, 0.25) is 0 Å². The third kappa shape index (κ3) is 2.25. The largest absolute Gasteiger partial charge is 0.316 e. The molecule has 0 bridgehead atoms. The minimum absolute atomic E-state index is 0.256. The van der Waals surface area contributed by atoms with E-state index in [-0.39, 0.29) is 5.82 Å². The predicted molar refractivity (Wildman–Crippen MR) is 48.9 cm³/mol. The molecule has 1 aliphatic heterocycles. The highest BCUT2D eigenvalue weighted by Gasteiger charge is 2.15. The predicted octanol–water partition coefficient (Wildman–Crippen LogP) is 1.37. The average Bonchev–Trinajstić information content (AvgIpc) is 2.62. The molecule has 1 aromatic heterocycles. The second-order valence-electron chi connectivity index (χ2n) is 3.53. The van der Waals surface area contributed by atoms with E-state index < -0.39 is 0 Å². The first-order chi connectivity index (χ1) is 6.34. The highest BCUT2D eigenvalue weighted by molar-refractivity contribution is 5.06. The number of aromatic nitrogens is 1. The quantitative estimate of drug-likeness (QED) is 0.743. The number of pyridine rings is 1. The maximum absolute atomic E-state index is 12.5. The van der Waals surface area contributed by atoms with Crippen molar-refractivity contribution in [3.8, 4) is 0 Å². The van der Waals surface area contributed by atoms with Gasteiger partial charge in [0, 0.05) is 5.69 Å². The molecule has 13 heavy (non-hydrogen) atoms. The van der Waals surface area contributed by atoms with Crippen molar-refractivity contribution in [2.75, 3.05) is 13.1 Å². The fourth-order valence-electron chi connectivity index (χ4n) is 1.71. The van der Waals surface area contributed by atoms with Gasteiger partial charge >= 0.3 is 0 Å². The van der Waals surface area contributed by atoms with E-state index >= 15 is 0 Å². The lowest BCUT2D eigenvalue weighted by Gasteiger charge is -2.06. The molecule has 1 aromatic rings. The molecule has 1 unspecified atom stereocenters.